The van der Waals surface area contributed by atoms with Gasteiger partial charge in [-0.1, -0.05) is 12.1 Å². The van der Waals surface area contributed by atoms with Crippen molar-refractivity contribution in [3.05, 3.63) is 59.9 Å². The highest BCUT2D eigenvalue weighted by atomic mass is 19.4. The number of nitrogens with one attached hydrogen (secondary N) is 1. The molecule has 0 fully saturated rings. The lowest BCUT2D eigenvalue weighted by Gasteiger charge is -2.15. The lowest BCUT2D eigenvalue weighted by molar-refractivity contribution is -0.153. The first kappa shape index (κ1) is 18.4. The number of alkyl halides is 3. The first-order valence-corrected chi connectivity index (χ1v) is 7.77. The van der Waals surface area contributed by atoms with Crippen molar-refractivity contribution in [3.63, 3.8) is 0 Å². The van der Waals surface area contributed by atoms with Crippen LogP contribution in [0.2, 0.25) is 0 Å². The molecule has 0 atom stereocenters. The third kappa shape index (κ3) is 4.81. The number of hydrogen-bond donors (Lipinski definition) is 1. The first-order chi connectivity index (χ1) is 12.8. The van der Waals surface area contributed by atoms with Crippen molar-refractivity contribution < 1.29 is 22.7 Å². The van der Waals surface area contributed by atoms with E-state index in [0.717, 1.165) is 0 Å². The molecule has 0 aliphatic heterocycles. The quantitative estimate of drug-likeness (QED) is 0.739. The minimum absolute atomic E-state index is 0.0581. The van der Waals surface area contributed by atoms with Crippen molar-refractivity contribution in [2.45, 2.75) is 13.1 Å². The highest BCUT2D eigenvalue weighted by molar-refractivity contribution is 6.05. The Morgan fingerprint density at radius 2 is 2.04 bits per heavy atom. The average molecular weight is 377 g/mol. The fourth-order valence-electron chi connectivity index (χ4n) is 2.28. The number of hydrogen-bond acceptors (Lipinski definition) is 5. The molecule has 1 amide bonds. The number of ether oxygens (including phenoxy) is 1. The van der Waals surface area contributed by atoms with Gasteiger partial charge in [0.25, 0.3) is 5.91 Å². The standard InChI is InChI=1S/C17H14F3N5O2/c1-11-5-6-14(15(7-11)27-9-17(18,19)20)22-16(26)12-3-2-4-13(8-12)25-10-21-23-24-25/h2-8,10H,9H2,1H3,(H,22,26). The molecular formula is C17H14F3N5O2. The van der Waals surface area contributed by atoms with Crippen molar-refractivity contribution in [2.24, 2.45) is 0 Å². The van der Waals surface area contributed by atoms with Crippen molar-refractivity contribution in [1.82, 2.24) is 20.2 Å². The molecular weight excluding hydrogens is 363 g/mol. The van der Waals surface area contributed by atoms with Crippen molar-refractivity contribution in [1.29, 1.82) is 0 Å². The van der Waals surface area contributed by atoms with Gasteiger partial charge in [-0.3, -0.25) is 4.79 Å². The summed E-state index contributed by atoms with van der Waals surface area (Å²) in [4.78, 5) is 12.5. The highest BCUT2D eigenvalue weighted by Gasteiger charge is 2.29. The SMILES string of the molecule is Cc1ccc(NC(=O)c2cccc(-n3cnnn3)c2)c(OCC(F)(F)F)c1. The number of carbonyl (C=O) groups excluding carboxylic acids is 1. The van der Waals surface area contributed by atoms with Crippen molar-refractivity contribution in [2.75, 3.05) is 11.9 Å². The minimum atomic E-state index is -4.48. The zero-order valence-electron chi connectivity index (χ0n) is 14.1. The Bertz CT molecular complexity index is 942. The molecule has 1 N–H and O–H groups in total. The van der Waals surface area contributed by atoms with Gasteiger partial charge in [-0.05, 0) is 53.2 Å². The minimum Gasteiger partial charge on any atom is -0.482 e. The van der Waals surface area contributed by atoms with Gasteiger partial charge in [0.05, 0.1) is 11.4 Å². The van der Waals surface area contributed by atoms with E-state index in [0.29, 0.717) is 11.3 Å². The van der Waals surface area contributed by atoms with Crippen molar-refractivity contribution >= 4 is 11.6 Å². The van der Waals surface area contributed by atoms with Crippen LogP contribution >= 0.6 is 0 Å². The fraction of sp³-hybridized carbons (Fsp3) is 0.176. The van der Waals surface area contributed by atoms with Gasteiger partial charge in [-0.25, -0.2) is 4.68 Å². The molecule has 2 aromatic carbocycles. The van der Waals surface area contributed by atoms with Crippen LogP contribution in [0, 0.1) is 6.92 Å². The number of aryl methyl sites for hydroxylation is 1. The van der Waals surface area contributed by atoms with E-state index in [2.05, 4.69) is 20.8 Å². The monoisotopic (exact) mass is 377 g/mol. The maximum absolute atomic E-state index is 12.5. The van der Waals surface area contributed by atoms with Gasteiger partial charge in [0, 0.05) is 5.56 Å². The van der Waals surface area contributed by atoms with Gasteiger partial charge >= 0.3 is 6.18 Å². The molecule has 27 heavy (non-hydrogen) atoms. The third-order valence-electron chi connectivity index (χ3n) is 3.50. The molecule has 0 saturated carbocycles. The first-order valence-electron chi connectivity index (χ1n) is 7.77. The molecule has 1 aromatic heterocycles. The summed E-state index contributed by atoms with van der Waals surface area (Å²) >= 11 is 0. The second kappa shape index (κ2) is 7.44. The van der Waals surface area contributed by atoms with E-state index < -0.39 is 18.7 Å². The Balaban J connectivity index is 1.81. The number of carbonyl (C=O) groups is 1. The molecule has 0 saturated heterocycles. The molecule has 3 aromatic rings. The average Bonchev–Trinajstić information content (AvgIpc) is 3.16. The fourth-order valence-corrected chi connectivity index (χ4v) is 2.28. The van der Waals surface area contributed by atoms with Crippen LogP contribution in [0.4, 0.5) is 18.9 Å². The van der Waals surface area contributed by atoms with E-state index in [1.165, 1.54) is 23.1 Å². The Labute approximate surface area is 151 Å². The van der Waals surface area contributed by atoms with E-state index in [-0.39, 0.29) is 17.0 Å². The molecule has 10 heteroatoms. The highest BCUT2D eigenvalue weighted by Crippen LogP contribution is 2.28. The summed E-state index contributed by atoms with van der Waals surface area (Å²) in [6.45, 7) is 0.260. The van der Waals surface area contributed by atoms with Crippen LogP contribution in [0.1, 0.15) is 15.9 Å². The van der Waals surface area contributed by atoms with Crippen molar-refractivity contribution in [3.8, 4) is 11.4 Å². The summed E-state index contributed by atoms with van der Waals surface area (Å²) in [6, 6.07) is 11.0. The second-order valence-corrected chi connectivity index (χ2v) is 5.66. The third-order valence-corrected chi connectivity index (χ3v) is 3.50. The number of rotatable bonds is 5. The number of anilines is 1. The molecule has 0 aliphatic rings. The van der Waals surface area contributed by atoms with Gasteiger partial charge in [0.2, 0.25) is 0 Å². The predicted octanol–water partition coefficient (Wildman–Crippen LogP) is 3.16. The molecule has 0 aliphatic carbocycles. The van der Waals surface area contributed by atoms with Crippen LogP contribution in [-0.2, 0) is 0 Å². The van der Waals surface area contributed by atoms with Crippen LogP contribution in [0.25, 0.3) is 5.69 Å². The Hall–Kier alpha value is -3.43. The summed E-state index contributed by atoms with van der Waals surface area (Å²) in [5.41, 5.74) is 1.68. The van der Waals surface area contributed by atoms with Gasteiger partial charge in [-0.15, -0.1) is 5.10 Å². The lowest BCUT2D eigenvalue weighted by atomic mass is 10.1. The molecule has 0 radical (unpaired) electrons. The normalized spacial score (nSPS) is 11.3. The molecule has 0 unspecified atom stereocenters. The number of halogens is 3. The molecule has 0 bridgehead atoms. The maximum Gasteiger partial charge on any atom is 0.422 e. The second-order valence-electron chi connectivity index (χ2n) is 5.66. The predicted molar refractivity (Wildman–Crippen MR) is 89.8 cm³/mol. The number of aromatic nitrogens is 4. The zero-order chi connectivity index (χ0) is 19.4. The molecule has 3 rings (SSSR count). The number of nitrogens with zero attached hydrogens (tertiary/aromatic N) is 4. The van der Waals surface area contributed by atoms with Crippen LogP contribution in [0.5, 0.6) is 5.75 Å². The summed E-state index contributed by atoms with van der Waals surface area (Å²) in [5.74, 6) is -0.567. The Morgan fingerprint density at radius 3 is 2.74 bits per heavy atom. The molecule has 140 valence electrons. The lowest BCUT2D eigenvalue weighted by Crippen LogP contribution is -2.20. The largest absolute Gasteiger partial charge is 0.482 e. The summed E-state index contributed by atoms with van der Waals surface area (Å²) in [6.07, 6.45) is -3.11. The molecule has 7 nitrogen and oxygen atoms in total. The van der Waals surface area contributed by atoms with E-state index in [1.54, 1.807) is 37.3 Å². The molecule has 1 heterocycles. The summed E-state index contributed by atoms with van der Waals surface area (Å²) in [7, 11) is 0. The maximum atomic E-state index is 12.5. The van der Waals surface area contributed by atoms with E-state index in [4.69, 9.17) is 4.74 Å². The zero-order valence-corrected chi connectivity index (χ0v) is 14.1. The van der Waals surface area contributed by atoms with E-state index >= 15 is 0 Å². The van der Waals surface area contributed by atoms with Crippen LogP contribution in [0.15, 0.2) is 48.8 Å². The number of amides is 1. The summed E-state index contributed by atoms with van der Waals surface area (Å²) < 4.78 is 43.6. The van der Waals surface area contributed by atoms with Gasteiger partial charge in [0.1, 0.15) is 12.1 Å². The smallest absolute Gasteiger partial charge is 0.422 e. The number of benzene rings is 2. The van der Waals surface area contributed by atoms with E-state index in [1.807, 2.05) is 0 Å². The van der Waals surface area contributed by atoms with Gasteiger partial charge in [-0.2, -0.15) is 13.2 Å². The van der Waals surface area contributed by atoms with Crippen LogP contribution in [-0.4, -0.2) is 38.9 Å². The van der Waals surface area contributed by atoms with Crippen LogP contribution < -0.4 is 10.1 Å². The van der Waals surface area contributed by atoms with Gasteiger partial charge in [0.15, 0.2) is 6.61 Å². The summed E-state index contributed by atoms with van der Waals surface area (Å²) in [5, 5.41) is 13.4. The molecule has 0 spiro atoms. The Morgan fingerprint density at radius 1 is 1.22 bits per heavy atom. The number of tetrazole rings is 1. The van der Waals surface area contributed by atoms with E-state index in [9.17, 15) is 18.0 Å². The Kier molecular flexibility index (Phi) is 5.06. The van der Waals surface area contributed by atoms with Crippen LogP contribution in [0.3, 0.4) is 0 Å². The van der Waals surface area contributed by atoms with Gasteiger partial charge < -0.3 is 10.1 Å². The topological polar surface area (TPSA) is 81.9 Å².